The Morgan fingerprint density at radius 2 is 1.76 bits per heavy atom. The summed E-state index contributed by atoms with van der Waals surface area (Å²) in [4.78, 5) is 20.6. The molecule has 0 fully saturated rings. The van der Waals surface area contributed by atoms with E-state index in [1.807, 2.05) is 0 Å². The maximum Gasteiger partial charge on any atom is 0.169 e. The Morgan fingerprint density at radius 1 is 1.00 bits per heavy atom. The zero-order chi connectivity index (χ0) is 14.8. The lowest BCUT2D eigenvalue weighted by atomic mass is 10.0. The van der Waals surface area contributed by atoms with E-state index in [0.717, 1.165) is 6.07 Å². The van der Waals surface area contributed by atoms with Crippen molar-refractivity contribution in [2.75, 3.05) is 0 Å². The van der Waals surface area contributed by atoms with Crippen LogP contribution in [-0.2, 0) is 6.42 Å². The zero-order valence-electron chi connectivity index (χ0n) is 10.9. The largest absolute Gasteiger partial charge is 0.294 e. The second-order valence-corrected chi connectivity index (χ2v) is 4.54. The molecule has 0 bridgehead atoms. The summed E-state index contributed by atoms with van der Waals surface area (Å²) >= 11 is 0. The molecule has 0 saturated carbocycles. The predicted octanol–water partition coefficient (Wildman–Crippen LogP) is 3.33. The molecule has 2 aromatic carbocycles. The van der Waals surface area contributed by atoms with Crippen molar-refractivity contribution in [3.05, 3.63) is 71.6 Å². The smallest absolute Gasteiger partial charge is 0.169 e. The standard InChI is InChI=1S/C16H10F2N2O/c17-12-5-1-3-10(15(12)18)9-14(21)11-4-2-6-13-16(11)20-8-7-19-13/h1-8H,9H2. The summed E-state index contributed by atoms with van der Waals surface area (Å²) in [5.41, 5.74) is 1.43. The summed E-state index contributed by atoms with van der Waals surface area (Å²) in [5, 5.41) is 0. The third-order valence-electron chi connectivity index (χ3n) is 3.18. The number of hydrogen-bond donors (Lipinski definition) is 0. The lowest BCUT2D eigenvalue weighted by Crippen LogP contribution is -2.07. The van der Waals surface area contributed by atoms with Crippen LogP contribution in [0.5, 0.6) is 0 Å². The first-order chi connectivity index (χ1) is 10.2. The molecule has 0 atom stereocenters. The number of hydrogen-bond acceptors (Lipinski definition) is 3. The summed E-state index contributed by atoms with van der Waals surface area (Å²) in [6.07, 6.45) is 2.80. The van der Waals surface area contributed by atoms with Crippen molar-refractivity contribution >= 4 is 16.8 Å². The van der Waals surface area contributed by atoms with Crippen molar-refractivity contribution in [3.8, 4) is 0 Å². The fourth-order valence-electron chi connectivity index (χ4n) is 2.17. The average Bonchev–Trinajstić information content (AvgIpc) is 2.51. The quantitative estimate of drug-likeness (QED) is 0.693. The highest BCUT2D eigenvalue weighted by Crippen LogP contribution is 2.18. The van der Waals surface area contributed by atoms with Crippen molar-refractivity contribution < 1.29 is 13.6 Å². The zero-order valence-corrected chi connectivity index (χ0v) is 10.9. The first kappa shape index (κ1) is 13.3. The van der Waals surface area contributed by atoms with Crippen LogP contribution in [0.4, 0.5) is 8.78 Å². The number of aromatic nitrogens is 2. The molecule has 0 saturated heterocycles. The van der Waals surface area contributed by atoms with Gasteiger partial charge in [0.05, 0.1) is 11.0 Å². The number of ketones is 1. The van der Waals surface area contributed by atoms with Crippen molar-refractivity contribution in [1.29, 1.82) is 0 Å². The van der Waals surface area contributed by atoms with Gasteiger partial charge in [-0.25, -0.2) is 8.78 Å². The van der Waals surface area contributed by atoms with Gasteiger partial charge < -0.3 is 0 Å². The average molecular weight is 284 g/mol. The van der Waals surface area contributed by atoms with E-state index in [1.54, 1.807) is 18.2 Å². The molecule has 3 nitrogen and oxygen atoms in total. The highest BCUT2D eigenvalue weighted by molar-refractivity contribution is 6.06. The maximum absolute atomic E-state index is 13.6. The minimum atomic E-state index is -0.989. The van der Waals surface area contributed by atoms with Gasteiger partial charge in [-0.15, -0.1) is 0 Å². The maximum atomic E-state index is 13.6. The Morgan fingerprint density at radius 3 is 2.62 bits per heavy atom. The number of fused-ring (bicyclic) bond motifs is 1. The van der Waals surface area contributed by atoms with Crippen LogP contribution in [0.1, 0.15) is 15.9 Å². The molecule has 21 heavy (non-hydrogen) atoms. The molecule has 0 unspecified atom stereocenters. The molecule has 0 aliphatic heterocycles. The van der Waals surface area contributed by atoms with E-state index in [0.29, 0.717) is 16.6 Å². The Hall–Kier alpha value is -2.69. The number of carbonyl (C=O) groups excluding carboxylic acids is 1. The van der Waals surface area contributed by atoms with Gasteiger partial charge in [0, 0.05) is 24.4 Å². The third-order valence-corrected chi connectivity index (χ3v) is 3.18. The molecular formula is C16H10F2N2O. The number of benzene rings is 2. The fourth-order valence-corrected chi connectivity index (χ4v) is 2.17. The molecule has 104 valence electrons. The molecule has 3 rings (SSSR count). The van der Waals surface area contributed by atoms with Crippen LogP contribution in [0.25, 0.3) is 11.0 Å². The van der Waals surface area contributed by atoms with Crippen LogP contribution in [-0.4, -0.2) is 15.8 Å². The number of carbonyl (C=O) groups is 1. The van der Waals surface area contributed by atoms with E-state index in [-0.39, 0.29) is 17.8 Å². The highest BCUT2D eigenvalue weighted by Gasteiger charge is 2.15. The van der Waals surface area contributed by atoms with Gasteiger partial charge in [0.15, 0.2) is 17.4 Å². The highest BCUT2D eigenvalue weighted by atomic mass is 19.2. The Labute approximate surface area is 119 Å². The van der Waals surface area contributed by atoms with E-state index in [9.17, 15) is 13.6 Å². The Balaban J connectivity index is 2.00. The molecule has 3 aromatic rings. The Bertz CT molecular complexity index is 828. The van der Waals surface area contributed by atoms with E-state index in [1.165, 1.54) is 24.5 Å². The lowest BCUT2D eigenvalue weighted by molar-refractivity contribution is 0.0993. The summed E-state index contributed by atoms with van der Waals surface area (Å²) in [7, 11) is 0. The van der Waals surface area contributed by atoms with Crippen LogP contribution in [0.15, 0.2) is 48.8 Å². The van der Waals surface area contributed by atoms with Gasteiger partial charge >= 0.3 is 0 Å². The van der Waals surface area contributed by atoms with Crippen LogP contribution < -0.4 is 0 Å². The molecule has 0 radical (unpaired) electrons. The van der Waals surface area contributed by atoms with E-state index in [2.05, 4.69) is 9.97 Å². The summed E-state index contributed by atoms with van der Waals surface area (Å²) in [6, 6.07) is 8.83. The van der Waals surface area contributed by atoms with Gasteiger partial charge in [0.25, 0.3) is 0 Å². The van der Waals surface area contributed by atoms with E-state index < -0.39 is 11.6 Å². The van der Waals surface area contributed by atoms with Gasteiger partial charge in [-0.1, -0.05) is 18.2 Å². The molecule has 0 aliphatic carbocycles. The Kier molecular flexibility index (Phi) is 3.39. The first-order valence-corrected chi connectivity index (χ1v) is 6.32. The number of para-hydroxylation sites is 1. The molecular weight excluding hydrogens is 274 g/mol. The molecule has 5 heteroatoms. The van der Waals surface area contributed by atoms with Gasteiger partial charge in [-0.05, 0) is 23.8 Å². The lowest BCUT2D eigenvalue weighted by Gasteiger charge is -2.06. The second kappa shape index (κ2) is 5.36. The van der Waals surface area contributed by atoms with Crippen LogP contribution in [0.3, 0.4) is 0 Å². The van der Waals surface area contributed by atoms with Crippen LogP contribution in [0, 0.1) is 11.6 Å². The van der Waals surface area contributed by atoms with Crippen molar-refractivity contribution in [2.24, 2.45) is 0 Å². The molecule has 0 amide bonds. The third kappa shape index (κ3) is 2.50. The first-order valence-electron chi connectivity index (χ1n) is 6.32. The SMILES string of the molecule is O=C(Cc1cccc(F)c1F)c1cccc2nccnc12. The van der Waals surface area contributed by atoms with Gasteiger partial charge in [-0.3, -0.25) is 14.8 Å². The van der Waals surface area contributed by atoms with Gasteiger partial charge in [-0.2, -0.15) is 0 Å². The molecule has 0 aliphatic rings. The molecule has 1 aromatic heterocycles. The number of halogens is 2. The molecule has 1 heterocycles. The molecule has 0 spiro atoms. The summed E-state index contributed by atoms with van der Waals surface area (Å²) in [6.45, 7) is 0. The second-order valence-electron chi connectivity index (χ2n) is 4.54. The minimum absolute atomic E-state index is 0.0286. The number of Topliss-reactive ketones (excluding diaryl/α,β-unsaturated/α-hetero) is 1. The molecule has 0 N–H and O–H groups in total. The van der Waals surface area contributed by atoms with Crippen molar-refractivity contribution in [2.45, 2.75) is 6.42 Å². The van der Waals surface area contributed by atoms with Crippen molar-refractivity contribution in [3.63, 3.8) is 0 Å². The van der Waals surface area contributed by atoms with Gasteiger partial charge in [0.2, 0.25) is 0 Å². The fraction of sp³-hybridized carbons (Fsp3) is 0.0625. The summed E-state index contributed by atoms with van der Waals surface area (Å²) in [5.74, 6) is -2.28. The van der Waals surface area contributed by atoms with Crippen molar-refractivity contribution in [1.82, 2.24) is 9.97 Å². The van der Waals surface area contributed by atoms with Crippen LogP contribution >= 0.6 is 0 Å². The number of rotatable bonds is 3. The van der Waals surface area contributed by atoms with Crippen LogP contribution in [0.2, 0.25) is 0 Å². The summed E-state index contributed by atoms with van der Waals surface area (Å²) < 4.78 is 26.8. The minimum Gasteiger partial charge on any atom is -0.294 e. The van der Waals surface area contributed by atoms with E-state index >= 15 is 0 Å². The van der Waals surface area contributed by atoms with Gasteiger partial charge in [0.1, 0.15) is 0 Å². The number of nitrogens with zero attached hydrogens (tertiary/aromatic N) is 2. The van der Waals surface area contributed by atoms with E-state index in [4.69, 9.17) is 0 Å². The topological polar surface area (TPSA) is 42.9 Å². The predicted molar refractivity (Wildman–Crippen MR) is 73.9 cm³/mol. The normalized spacial score (nSPS) is 10.8. The monoisotopic (exact) mass is 284 g/mol.